The number of rotatable bonds is 9. The third-order valence-electron chi connectivity index (χ3n) is 5.07. The summed E-state index contributed by atoms with van der Waals surface area (Å²) in [6.45, 7) is -0.236. The molecule has 0 heterocycles. The van der Waals surface area contributed by atoms with Crippen LogP contribution >= 0.6 is 0 Å². The van der Waals surface area contributed by atoms with Crippen molar-refractivity contribution in [2.75, 3.05) is 14.2 Å². The molecular formula is C27H23FO8. The maximum Gasteiger partial charge on any atom is 0.336 e. The highest BCUT2D eigenvalue weighted by Gasteiger charge is 2.16. The second kappa shape index (κ2) is 11.6. The molecule has 9 heteroatoms. The average Bonchev–Trinajstić information content (AvgIpc) is 2.86. The van der Waals surface area contributed by atoms with Gasteiger partial charge in [-0.1, -0.05) is 24.3 Å². The number of carbonyl (C=O) groups is 2. The molecule has 0 saturated carbocycles. The van der Waals surface area contributed by atoms with Crippen molar-refractivity contribution >= 4 is 29.7 Å². The van der Waals surface area contributed by atoms with Crippen LogP contribution in [0.2, 0.25) is 0 Å². The van der Waals surface area contributed by atoms with Gasteiger partial charge < -0.3 is 29.5 Å². The Morgan fingerprint density at radius 3 is 2.08 bits per heavy atom. The summed E-state index contributed by atoms with van der Waals surface area (Å²) in [5, 5.41) is 28.9. The van der Waals surface area contributed by atoms with Crippen molar-refractivity contribution in [1.82, 2.24) is 0 Å². The van der Waals surface area contributed by atoms with Crippen molar-refractivity contribution in [3.8, 4) is 23.0 Å². The van der Waals surface area contributed by atoms with Crippen LogP contribution in [0.1, 0.15) is 22.3 Å². The van der Waals surface area contributed by atoms with Gasteiger partial charge >= 0.3 is 11.9 Å². The van der Waals surface area contributed by atoms with Gasteiger partial charge in [-0.2, -0.15) is 0 Å². The van der Waals surface area contributed by atoms with Gasteiger partial charge in [0.2, 0.25) is 0 Å². The van der Waals surface area contributed by atoms with Crippen molar-refractivity contribution in [1.29, 1.82) is 0 Å². The zero-order chi connectivity index (χ0) is 26.2. The first kappa shape index (κ1) is 25.8. The molecule has 0 atom stereocenters. The van der Waals surface area contributed by atoms with Crippen LogP contribution in [-0.4, -0.2) is 41.5 Å². The van der Waals surface area contributed by atoms with Crippen molar-refractivity contribution in [2.45, 2.75) is 6.61 Å². The first-order chi connectivity index (χ1) is 17.2. The number of phenols is 2. The van der Waals surface area contributed by atoms with E-state index in [1.165, 1.54) is 74.9 Å². The number of methoxy groups -OCH3 is 2. The lowest BCUT2D eigenvalue weighted by Crippen LogP contribution is -2.04. The summed E-state index contributed by atoms with van der Waals surface area (Å²) < 4.78 is 30.0. The van der Waals surface area contributed by atoms with Gasteiger partial charge in [0.05, 0.1) is 19.8 Å². The van der Waals surface area contributed by atoms with E-state index in [1.54, 1.807) is 6.07 Å². The van der Waals surface area contributed by atoms with Crippen LogP contribution < -0.4 is 9.47 Å². The molecule has 0 spiro atoms. The van der Waals surface area contributed by atoms with Gasteiger partial charge in [-0.15, -0.1) is 0 Å². The van der Waals surface area contributed by atoms with Gasteiger partial charge in [-0.25, -0.2) is 14.0 Å². The first-order valence-electron chi connectivity index (χ1n) is 10.5. The number of benzene rings is 3. The molecule has 3 rings (SSSR count). The van der Waals surface area contributed by atoms with Crippen LogP contribution in [0.25, 0.3) is 17.7 Å². The fourth-order valence-electron chi connectivity index (χ4n) is 3.24. The average molecular weight is 494 g/mol. The Morgan fingerprint density at radius 2 is 1.50 bits per heavy atom. The fraction of sp³-hybridized carbons (Fsp3) is 0.111. The predicted octanol–water partition coefficient (Wildman–Crippen LogP) is 4.64. The Labute approximate surface area is 206 Å². The van der Waals surface area contributed by atoms with Crippen LogP contribution in [0.15, 0.2) is 60.7 Å². The number of halogens is 1. The Bertz CT molecular complexity index is 1340. The highest BCUT2D eigenvalue weighted by atomic mass is 19.1. The number of carboxylic acids is 1. The molecule has 0 aliphatic heterocycles. The molecule has 3 aromatic rings. The summed E-state index contributed by atoms with van der Waals surface area (Å²) in [5.41, 5.74) is 0.830. The number of aliphatic carboxylic acids is 1. The Balaban J connectivity index is 1.72. The SMILES string of the molecule is COc1cc(/C=C/C(=O)OCc2ccc(/C(=C\c3ccc(O)c(OC)c3)C(=O)O)c(F)c2)ccc1O. The maximum absolute atomic E-state index is 14.8. The van der Waals surface area contributed by atoms with E-state index in [4.69, 9.17) is 14.2 Å². The molecule has 186 valence electrons. The standard InChI is InChI=1S/C27H23FO8/c1-34-24-13-16(4-8-22(24)29)6-10-26(31)36-15-18-3-7-19(21(28)12-18)20(27(32)33)11-17-5-9-23(30)25(14-17)35-2/h3-14,29-30H,15H2,1-2H3,(H,32,33)/b10-6+,20-11+. The minimum absolute atomic E-state index is 0.0357. The van der Waals surface area contributed by atoms with Crippen LogP contribution in [0.5, 0.6) is 23.0 Å². The van der Waals surface area contributed by atoms with Crippen molar-refractivity contribution < 1.29 is 43.5 Å². The molecule has 0 saturated heterocycles. The topological polar surface area (TPSA) is 123 Å². The van der Waals surface area contributed by atoms with Gasteiger partial charge in [-0.05, 0) is 59.2 Å². The van der Waals surface area contributed by atoms with Crippen LogP contribution in [-0.2, 0) is 20.9 Å². The highest BCUT2D eigenvalue weighted by Crippen LogP contribution is 2.30. The Kier molecular flexibility index (Phi) is 8.30. The van der Waals surface area contributed by atoms with Gasteiger partial charge in [0.1, 0.15) is 12.4 Å². The predicted molar refractivity (Wildman–Crippen MR) is 130 cm³/mol. The number of esters is 1. The zero-order valence-electron chi connectivity index (χ0n) is 19.4. The molecule has 0 aliphatic rings. The van der Waals surface area contributed by atoms with Gasteiger partial charge in [0.15, 0.2) is 23.0 Å². The second-order valence-electron chi connectivity index (χ2n) is 7.48. The molecule has 0 unspecified atom stereocenters. The summed E-state index contributed by atoms with van der Waals surface area (Å²) in [5.74, 6) is -2.60. The highest BCUT2D eigenvalue weighted by molar-refractivity contribution is 6.20. The lowest BCUT2D eigenvalue weighted by atomic mass is 10.0. The third-order valence-corrected chi connectivity index (χ3v) is 5.07. The second-order valence-corrected chi connectivity index (χ2v) is 7.48. The van der Waals surface area contributed by atoms with Crippen LogP contribution in [0.4, 0.5) is 4.39 Å². The minimum Gasteiger partial charge on any atom is -0.504 e. The third kappa shape index (κ3) is 6.41. The van der Waals surface area contributed by atoms with Gasteiger partial charge in [0, 0.05) is 11.6 Å². The number of ether oxygens (including phenoxy) is 3. The molecule has 0 amide bonds. The Hall–Kier alpha value is -4.79. The quantitative estimate of drug-likeness (QED) is 0.224. The van der Waals surface area contributed by atoms with Gasteiger partial charge in [-0.3, -0.25) is 0 Å². The summed E-state index contributed by atoms with van der Waals surface area (Å²) in [7, 11) is 2.76. The molecular weight excluding hydrogens is 471 g/mol. The van der Waals surface area contributed by atoms with E-state index in [0.29, 0.717) is 16.7 Å². The molecule has 36 heavy (non-hydrogen) atoms. The summed E-state index contributed by atoms with van der Waals surface area (Å²) >= 11 is 0. The molecule has 0 aliphatic carbocycles. The monoisotopic (exact) mass is 494 g/mol. The molecule has 0 radical (unpaired) electrons. The molecule has 0 bridgehead atoms. The first-order valence-corrected chi connectivity index (χ1v) is 10.5. The van der Waals surface area contributed by atoms with Crippen molar-refractivity contribution in [3.05, 3.63) is 88.7 Å². The van der Waals surface area contributed by atoms with Crippen molar-refractivity contribution in [2.24, 2.45) is 0 Å². The van der Waals surface area contributed by atoms with E-state index in [0.717, 1.165) is 6.07 Å². The minimum atomic E-state index is -1.35. The van der Waals surface area contributed by atoms with E-state index in [1.807, 2.05) is 0 Å². The summed E-state index contributed by atoms with van der Waals surface area (Å²) in [4.78, 5) is 23.9. The largest absolute Gasteiger partial charge is 0.504 e. The van der Waals surface area contributed by atoms with E-state index in [9.17, 15) is 29.3 Å². The smallest absolute Gasteiger partial charge is 0.336 e. The summed E-state index contributed by atoms with van der Waals surface area (Å²) in [6.07, 6.45) is 3.90. The lowest BCUT2D eigenvalue weighted by molar-refractivity contribution is -0.139. The van der Waals surface area contributed by atoms with Gasteiger partial charge in [0.25, 0.3) is 0 Å². The fourth-order valence-corrected chi connectivity index (χ4v) is 3.24. The van der Waals surface area contributed by atoms with Crippen molar-refractivity contribution in [3.63, 3.8) is 0 Å². The van der Waals surface area contributed by atoms with E-state index >= 15 is 0 Å². The maximum atomic E-state index is 14.8. The normalized spacial score (nSPS) is 11.4. The molecule has 0 aromatic heterocycles. The molecule has 3 aromatic carbocycles. The number of carboxylic acid groups (broad SMARTS) is 1. The lowest BCUT2D eigenvalue weighted by Gasteiger charge is -2.09. The van der Waals surface area contributed by atoms with E-state index in [2.05, 4.69) is 0 Å². The molecule has 8 nitrogen and oxygen atoms in total. The Morgan fingerprint density at radius 1 is 0.889 bits per heavy atom. The van der Waals surface area contributed by atoms with Crippen LogP contribution in [0, 0.1) is 5.82 Å². The summed E-state index contributed by atoms with van der Waals surface area (Å²) in [6, 6.07) is 12.6. The number of hydrogen-bond donors (Lipinski definition) is 3. The van der Waals surface area contributed by atoms with E-state index < -0.39 is 17.8 Å². The number of phenolic OH excluding ortho intramolecular Hbond substituents is 2. The van der Waals surface area contributed by atoms with E-state index in [-0.39, 0.29) is 40.7 Å². The molecule has 0 fully saturated rings. The number of aromatic hydroxyl groups is 2. The zero-order valence-corrected chi connectivity index (χ0v) is 19.4. The number of hydrogen-bond acceptors (Lipinski definition) is 7. The molecule has 3 N–H and O–H groups in total. The number of carbonyl (C=O) groups excluding carboxylic acids is 1. The van der Waals surface area contributed by atoms with Crippen LogP contribution in [0.3, 0.4) is 0 Å².